The Labute approximate surface area is 101 Å². The summed E-state index contributed by atoms with van der Waals surface area (Å²) in [5.74, 6) is -0.505. The van der Waals surface area contributed by atoms with E-state index in [0.29, 0.717) is 18.5 Å². The molecule has 0 aliphatic rings. The van der Waals surface area contributed by atoms with Gasteiger partial charge in [-0.2, -0.15) is 0 Å². The van der Waals surface area contributed by atoms with Crippen molar-refractivity contribution in [3.05, 3.63) is 35.6 Å². The van der Waals surface area contributed by atoms with Crippen LogP contribution in [-0.2, 0) is 11.2 Å². The zero-order valence-electron chi connectivity index (χ0n) is 10.3. The highest BCUT2D eigenvalue weighted by molar-refractivity contribution is 5.78. The molecule has 0 aromatic heterocycles. The number of hydrogen-bond acceptors (Lipinski definition) is 2. The number of carbonyl (C=O) groups is 1. The molecule has 1 amide bonds. The third-order valence-electron chi connectivity index (χ3n) is 2.61. The van der Waals surface area contributed by atoms with Gasteiger partial charge in [0.2, 0.25) is 5.91 Å². The van der Waals surface area contributed by atoms with Gasteiger partial charge in [-0.3, -0.25) is 4.79 Å². The van der Waals surface area contributed by atoms with Crippen LogP contribution in [0.3, 0.4) is 0 Å². The Bertz CT molecular complexity index is 368. The first-order valence-electron chi connectivity index (χ1n) is 5.81. The van der Waals surface area contributed by atoms with E-state index in [1.54, 1.807) is 25.1 Å². The Balaban J connectivity index is 2.46. The second-order valence-corrected chi connectivity index (χ2v) is 4.09. The molecular weight excluding hydrogens is 219 g/mol. The van der Waals surface area contributed by atoms with E-state index in [1.807, 2.05) is 7.05 Å². The van der Waals surface area contributed by atoms with Gasteiger partial charge in [0.1, 0.15) is 5.82 Å². The van der Waals surface area contributed by atoms with Gasteiger partial charge >= 0.3 is 0 Å². The maximum atomic E-state index is 13.4. The molecule has 0 radical (unpaired) electrons. The van der Waals surface area contributed by atoms with Crippen molar-refractivity contribution in [2.45, 2.75) is 13.3 Å². The number of likely N-dealkylation sites (N-methyl/N-ethyl adjacent to an activating group) is 1. The molecule has 17 heavy (non-hydrogen) atoms. The second-order valence-electron chi connectivity index (χ2n) is 4.09. The topological polar surface area (TPSA) is 41.1 Å². The van der Waals surface area contributed by atoms with Crippen molar-refractivity contribution >= 4 is 5.91 Å². The van der Waals surface area contributed by atoms with E-state index in [0.717, 1.165) is 6.54 Å². The molecular formula is C13H19FN2O. The van der Waals surface area contributed by atoms with Gasteiger partial charge in [0.15, 0.2) is 0 Å². The summed E-state index contributed by atoms with van der Waals surface area (Å²) in [6, 6.07) is 6.56. The van der Waals surface area contributed by atoms with Crippen LogP contribution in [0.2, 0.25) is 0 Å². The molecule has 94 valence electrons. The second kappa shape index (κ2) is 7.01. The SMILES string of the molecule is CNCCNC(=O)C(C)Cc1ccccc1F. The summed E-state index contributed by atoms with van der Waals surface area (Å²) >= 11 is 0. The van der Waals surface area contributed by atoms with Crippen molar-refractivity contribution in [1.82, 2.24) is 10.6 Å². The lowest BCUT2D eigenvalue weighted by atomic mass is 10.00. The Morgan fingerprint density at radius 3 is 2.71 bits per heavy atom. The summed E-state index contributed by atoms with van der Waals surface area (Å²) in [6.45, 7) is 3.14. The average Bonchev–Trinajstić information content (AvgIpc) is 2.32. The predicted molar refractivity (Wildman–Crippen MR) is 66.2 cm³/mol. The molecule has 0 aliphatic carbocycles. The van der Waals surface area contributed by atoms with Gasteiger partial charge in [-0.25, -0.2) is 4.39 Å². The monoisotopic (exact) mass is 238 g/mol. The number of halogens is 1. The molecule has 0 heterocycles. The Morgan fingerprint density at radius 2 is 2.06 bits per heavy atom. The lowest BCUT2D eigenvalue weighted by Crippen LogP contribution is -2.34. The Kier molecular flexibility index (Phi) is 5.63. The minimum Gasteiger partial charge on any atom is -0.355 e. The third kappa shape index (κ3) is 4.53. The fourth-order valence-electron chi connectivity index (χ4n) is 1.57. The van der Waals surface area contributed by atoms with E-state index in [4.69, 9.17) is 0 Å². The average molecular weight is 238 g/mol. The number of nitrogens with one attached hydrogen (secondary N) is 2. The summed E-state index contributed by atoms with van der Waals surface area (Å²) in [6.07, 6.45) is 0.429. The normalized spacial score (nSPS) is 12.2. The standard InChI is InChI=1S/C13H19FN2O/c1-10(13(17)16-8-7-15-2)9-11-5-3-4-6-12(11)14/h3-6,10,15H,7-9H2,1-2H3,(H,16,17). The van der Waals surface area contributed by atoms with Crippen LogP contribution in [0.4, 0.5) is 4.39 Å². The number of amides is 1. The first-order valence-corrected chi connectivity index (χ1v) is 5.81. The summed E-state index contributed by atoms with van der Waals surface area (Å²) in [4.78, 5) is 11.7. The Hall–Kier alpha value is -1.42. The predicted octanol–water partition coefficient (Wildman–Crippen LogP) is 1.34. The molecule has 0 aliphatic heterocycles. The van der Waals surface area contributed by atoms with Gasteiger partial charge < -0.3 is 10.6 Å². The van der Waals surface area contributed by atoms with Gasteiger partial charge in [0.25, 0.3) is 0 Å². The highest BCUT2D eigenvalue weighted by atomic mass is 19.1. The largest absolute Gasteiger partial charge is 0.355 e. The summed E-state index contributed by atoms with van der Waals surface area (Å²) < 4.78 is 13.4. The maximum absolute atomic E-state index is 13.4. The van der Waals surface area contributed by atoms with Gasteiger partial charge in [0.05, 0.1) is 0 Å². The minimum absolute atomic E-state index is 0.0384. The van der Waals surface area contributed by atoms with Crippen LogP contribution in [0.25, 0.3) is 0 Å². The minimum atomic E-state index is -0.248. The van der Waals surface area contributed by atoms with Crippen molar-refractivity contribution in [1.29, 1.82) is 0 Å². The molecule has 1 atom stereocenters. The molecule has 4 heteroatoms. The molecule has 0 spiro atoms. The van der Waals surface area contributed by atoms with E-state index < -0.39 is 0 Å². The summed E-state index contributed by atoms with van der Waals surface area (Å²) in [7, 11) is 1.83. The van der Waals surface area contributed by atoms with Crippen molar-refractivity contribution < 1.29 is 9.18 Å². The zero-order valence-corrected chi connectivity index (χ0v) is 10.3. The van der Waals surface area contributed by atoms with E-state index in [2.05, 4.69) is 10.6 Å². The maximum Gasteiger partial charge on any atom is 0.223 e. The van der Waals surface area contributed by atoms with E-state index >= 15 is 0 Å². The van der Waals surface area contributed by atoms with Crippen LogP contribution in [0.15, 0.2) is 24.3 Å². The van der Waals surface area contributed by atoms with Crippen LogP contribution in [0.5, 0.6) is 0 Å². The van der Waals surface area contributed by atoms with E-state index in [9.17, 15) is 9.18 Å². The first-order chi connectivity index (χ1) is 8.15. The van der Waals surface area contributed by atoms with Gasteiger partial charge in [0, 0.05) is 19.0 Å². The number of carbonyl (C=O) groups excluding carboxylic acids is 1. The molecule has 2 N–H and O–H groups in total. The first kappa shape index (κ1) is 13.6. The molecule has 1 aromatic carbocycles. The highest BCUT2D eigenvalue weighted by Crippen LogP contribution is 2.12. The fourth-order valence-corrected chi connectivity index (χ4v) is 1.57. The molecule has 1 unspecified atom stereocenters. The fraction of sp³-hybridized carbons (Fsp3) is 0.462. The molecule has 3 nitrogen and oxygen atoms in total. The third-order valence-corrected chi connectivity index (χ3v) is 2.61. The van der Waals surface area contributed by atoms with Gasteiger partial charge in [-0.1, -0.05) is 25.1 Å². The van der Waals surface area contributed by atoms with Gasteiger partial charge in [-0.15, -0.1) is 0 Å². The molecule has 0 saturated carbocycles. The van der Waals surface area contributed by atoms with Crippen molar-refractivity contribution in [2.75, 3.05) is 20.1 Å². The Morgan fingerprint density at radius 1 is 1.35 bits per heavy atom. The zero-order chi connectivity index (χ0) is 12.7. The molecule has 0 fully saturated rings. The molecule has 0 saturated heterocycles. The van der Waals surface area contributed by atoms with Crippen molar-refractivity contribution in [3.8, 4) is 0 Å². The van der Waals surface area contributed by atoms with Crippen LogP contribution >= 0.6 is 0 Å². The van der Waals surface area contributed by atoms with Crippen molar-refractivity contribution in [3.63, 3.8) is 0 Å². The number of benzene rings is 1. The molecule has 1 rings (SSSR count). The van der Waals surface area contributed by atoms with Crippen LogP contribution < -0.4 is 10.6 Å². The molecule has 1 aromatic rings. The number of hydrogen-bond donors (Lipinski definition) is 2. The lowest BCUT2D eigenvalue weighted by Gasteiger charge is -2.12. The van der Waals surface area contributed by atoms with Crippen molar-refractivity contribution in [2.24, 2.45) is 5.92 Å². The van der Waals surface area contributed by atoms with Crippen LogP contribution in [0.1, 0.15) is 12.5 Å². The van der Waals surface area contributed by atoms with Gasteiger partial charge in [-0.05, 0) is 25.1 Å². The van der Waals surface area contributed by atoms with Crippen LogP contribution in [0, 0.1) is 11.7 Å². The van der Waals surface area contributed by atoms with E-state index in [-0.39, 0.29) is 17.6 Å². The highest BCUT2D eigenvalue weighted by Gasteiger charge is 2.14. The smallest absolute Gasteiger partial charge is 0.223 e. The van der Waals surface area contributed by atoms with Crippen LogP contribution in [-0.4, -0.2) is 26.0 Å². The lowest BCUT2D eigenvalue weighted by molar-refractivity contribution is -0.124. The summed E-state index contributed by atoms with van der Waals surface area (Å²) in [5, 5.41) is 5.75. The summed E-state index contributed by atoms with van der Waals surface area (Å²) in [5.41, 5.74) is 0.587. The quantitative estimate of drug-likeness (QED) is 0.734. The molecule has 0 bridgehead atoms. The van der Waals surface area contributed by atoms with E-state index in [1.165, 1.54) is 6.07 Å². The number of rotatable bonds is 6.